The number of nitrogens with one attached hydrogen (secondary N) is 1. The molecule has 0 heterocycles. The van der Waals surface area contributed by atoms with Gasteiger partial charge in [-0.2, -0.15) is 0 Å². The molecule has 0 aromatic heterocycles. The largest absolute Gasteiger partial charge is 0.320 e. The lowest BCUT2D eigenvalue weighted by Crippen LogP contribution is -2.39. The molecule has 0 radical (unpaired) electrons. The zero-order valence-electron chi connectivity index (χ0n) is 9.71. The number of nitrogens with two attached hydrogens (primary N) is 1. The van der Waals surface area contributed by atoms with Crippen LogP contribution in [0.4, 0.5) is 11.4 Å². The summed E-state index contributed by atoms with van der Waals surface area (Å²) < 4.78 is 0. The van der Waals surface area contributed by atoms with E-state index in [0.29, 0.717) is 0 Å². The van der Waals surface area contributed by atoms with E-state index in [1.807, 2.05) is 13.8 Å². The molecule has 1 rings (SSSR count). The standard InChI is InChI=1S/C11H15N3O3/c1-7(2)10(12)11(15)13-8-5-3-4-6-9(8)14(16)17/h3-7,10H,12H2,1-2H3,(H,13,15)/t10-/m1/s1. The third-order valence-electron chi connectivity index (χ3n) is 2.38. The van der Waals surface area contributed by atoms with Gasteiger partial charge in [-0.1, -0.05) is 26.0 Å². The van der Waals surface area contributed by atoms with Crippen LogP contribution >= 0.6 is 0 Å². The van der Waals surface area contributed by atoms with Gasteiger partial charge in [-0.05, 0) is 12.0 Å². The number of nitrogens with zero attached hydrogens (tertiary/aromatic N) is 1. The van der Waals surface area contributed by atoms with Gasteiger partial charge in [0.15, 0.2) is 0 Å². The van der Waals surface area contributed by atoms with Crippen LogP contribution in [0.5, 0.6) is 0 Å². The maximum absolute atomic E-state index is 11.7. The molecule has 0 bridgehead atoms. The molecule has 1 aromatic carbocycles. The fraction of sp³-hybridized carbons (Fsp3) is 0.364. The Labute approximate surface area is 99.0 Å². The van der Waals surface area contributed by atoms with E-state index >= 15 is 0 Å². The summed E-state index contributed by atoms with van der Waals surface area (Å²) in [6.07, 6.45) is 0. The number of benzene rings is 1. The summed E-state index contributed by atoms with van der Waals surface area (Å²) in [6.45, 7) is 3.62. The van der Waals surface area contributed by atoms with Gasteiger partial charge in [0.2, 0.25) is 5.91 Å². The number of amides is 1. The quantitative estimate of drug-likeness (QED) is 0.612. The van der Waals surface area contributed by atoms with Crippen LogP contribution in [0.15, 0.2) is 24.3 Å². The lowest BCUT2D eigenvalue weighted by molar-refractivity contribution is -0.383. The van der Waals surface area contributed by atoms with Crippen LogP contribution in [-0.2, 0) is 4.79 Å². The van der Waals surface area contributed by atoms with Gasteiger partial charge in [0.1, 0.15) is 5.69 Å². The van der Waals surface area contributed by atoms with E-state index in [0.717, 1.165) is 0 Å². The minimum absolute atomic E-state index is 0.0298. The Balaban J connectivity index is 2.89. The van der Waals surface area contributed by atoms with Gasteiger partial charge in [-0.25, -0.2) is 0 Å². The second-order valence-corrected chi connectivity index (χ2v) is 4.03. The fourth-order valence-corrected chi connectivity index (χ4v) is 1.26. The molecule has 0 saturated heterocycles. The second kappa shape index (κ2) is 5.40. The predicted molar refractivity (Wildman–Crippen MR) is 64.5 cm³/mol. The summed E-state index contributed by atoms with van der Waals surface area (Å²) in [5, 5.41) is 13.2. The van der Waals surface area contributed by atoms with Crippen LogP contribution in [-0.4, -0.2) is 16.9 Å². The summed E-state index contributed by atoms with van der Waals surface area (Å²) in [5.41, 5.74) is 5.68. The van der Waals surface area contributed by atoms with Crippen molar-refractivity contribution >= 4 is 17.3 Å². The van der Waals surface area contributed by atoms with Gasteiger partial charge in [-0.3, -0.25) is 14.9 Å². The topological polar surface area (TPSA) is 98.3 Å². The molecule has 0 aliphatic carbocycles. The molecule has 0 unspecified atom stereocenters. The smallest absolute Gasteiger partial charge is 0.292 e. The van der Waals surface area contributed by atoms with Crippen molar-refractivity contribution in [1.82, 2.24) is 0 Å². The lowest BCUT2D eigenvalue weighted by atomic mass is 10.0. The molecule has 0 fully saturated rings. The zero-order chi connectivity index (χ0) is 13.0. The molecule has 6 heteroatoms. The molecular formula is C11H15N3O3. The van der Waals surface area contributed by atoms with Crippen molar-refractivity contribution in [2.45, 2.75) is 19.9 Å². The highest BCUT2D eigenvalue weighted by atomic mass is 16.6. The first kappa shape index (κ1) is 13.1. The number of nitro groups is 1. The van der Waals surface area contributed by atoms with E-state index in [9.17, 15) is 14.9 Å². The number of para-hydroxylation sites is 2. The van der Waals surface area contributed by atoms with Crippen molar-refractivity contribution < 1.29 is 9.72 Å². The Kier molecular flexibility index (Phi) is 4.17. The summed E-state index contributed by atoms with van der Waals surface area (Å²) in [5.74, 6) is -0.452. The Hall–Kier alpha value is -1.95. The number of carbonyl (C=O) groups excluding carboxylic acids is 1. The molecule has 6 nitrogen and oxygen atoms in total. The normalized spacial score (nSPS) is 12.2. The number of hydrogen-bond donors (Lipinski definition) is 2. The van der Waals surface area contributed by atoms with E-state index in [4.69, 9.17) is 5.73 Å². The van der Waals surface area contributed by atoms with E-state index in [-0.39, 0.29) is 17.3 Å². The van der Waals surface area contributed by atoms with Crippen LogP contribution in [0, 0.1) is 16.0 Å². The number of carbonyl (C=O) groups is 1. The highest BCUT2D eigenvalue weighted by Gasteiger charge is 2.20. The molecule has 17 heavy (non-hydrogen) atoms. The fourth-order valence-electron chi connectivity index (χ4n) is 1.26. The summed E-state index contributed by atoms with van der Waals surface area (Å²) in [4.78, 5) is 21.9. The molecule has 0 aliphatic heterocycles. The van der Waals surface area contributed by atoms with Crippen LogP contribution in [0.2, 0.25) is 0 Å². The molecular weight excluding hydrogens is 222 g/mol. The summed E-state index contributed by atoms with van der Waals surface area (Å²) >= 11 is 0. The number of nitro benzene ring substituents is 1. The zero-order valence-corrected chi connectivity index (χ0v) is 9.71. The van der Waals surface area contributed by atoms with E-state index in [1.54, 1.807) is 6.07 Å². The van der Waals surface area contributed by atoms with Crippen LogP contribution in [0.1, 0.15) is 13.8 Å². The summed E-state index contributed by atoms with van der Waals surface area (Å²) in [6, 6.07) is 5.27. The Morgan fingerprint density at radius 1 is 1.41 bits per heavy atom. The first-order valence-electron chi connectivity index (χ1n) is 5.23. The van der Waals surface area contributed by atoms with Crippen molar-refractivity contribution in [3.8, 4) is 0 Å². The molecule has 1 atom stereocenters. The van der Waals surface area contributed by atoms with Crippen molar-refractivity contribution in [1.29, 1.82) is 0 Å². The average Bonchev–Trinajstić information content (AvgIpc) is 2.28. The average molecular weight is 237 g/mol. The molecule has 3 N–H and O–H groups in total. The second-order valence-electron chi connectivity index (χ2n) is 4.03. The van der Waals surface area contributed by atoms with E-state index < -0.39 is 16.9 Å². The Bertz CT molecular complexity index is 432. The van der Waals surface area contributed by atoms with Gasteiger partial charge in [0.25, 0.3) is 5.69 Å². The van der Waals surface area contributed by atoms with Gasteiger partial charge < -0.3 is 11.1 Å². The maximum atomic E-state index is 11.7. The van der Waals surface area contributed by atoms with Crippen molar-refractivity contribution in [2.24, 2.45) is 11.7 Å². The van der Waals surface area contributed by atoms with Crippen molar-refractivity contribution in [2.75, 3.05) is 5.32 Å². The highest BCUT2D eigenvalue weighted by molar-refractivity contribution is 5.96. The maximum Gasteiger partial charge on any atom is 0.292 e. The van der Waals surface area contributed by atoms with Gasteiger partial charge in [0, 0.05) is 6.07 Å². The SMILES string of the molecule is CC(C)[C@@H](N)C(=O)Nc1ccccc1[N+](=O)[O-]. The minimum Gasteiger partial charge on any atom is -0.320 e. The first-order chi connectivity index (χ1) is 7.93. The monoisotopic (exact) mass is 237 g/mol. The van der Waals surface area contributed by atoms with Gasteiger partial charge in [-0.15, -0.1) is 0 Å². The number of anilines is 1. The molecule has 0 saturated carbocycles. The number of rotatable bonds is 4. The van der Waals surface area contributed by atoms with Crippen LogP contribution in [0.3, 0.4) is 0 Å². The molecule has 0 spiro atoms. The summed E-state index contributed by atoms with van der Waals surface area (Å²) in [7, 11) is 0. The first-order valence-corrected chi connectivity index (χ1v) is 5.23. The predicted octanol–water partition coefficient (Wildman–Crippen LogP) is 1.52. The van der Waals surface area contributed by atoms with Crippen molar-refractivity contribution in [3.63, 3.8) is 0 Å². The lowest BCUT2D eigenvalue weighted by Gasteiger charge is -2.15. The van der Waals surface area contributed by atoms with Gasteiger partial charge in [0.05, 0.1) is 11.0 Å². The molecule has 0 aliphatic rings. The molecule has 1 amide bonds. The van der Waals surface area contributed by atoms with Gasteiger partial charge >= 0.3 is 0 Å². The Morgan fingerprint density at radius 2 is 2.00 bits per heavy atom. The molecule has 1 aromatic rings. The Morgan fingerprint density at radius 3 is 2.53 bits per heavy atom. The third-order valence-corrected chi connectivity index (χ3v) is 2.38. The number of hydrogen-bond acceptors (Lipinski definition) is 4. The van der Waals surface area contributed by atoms with E-state index in [2.05, 4.69) is 5.32 Å². The highest BCUT2D eigenvalue weighted by Crippen LogP contribution is 2.23. The van der Waals surface area contributed by atoms with Crippen LogP contribution in [0.25, 0.3) is 0 Å². The third kappa shape index (κ3) is 3.25. The van der Waals surface area contributed by atoms with E-state index in [1.165, 1.54) is 18.2 Å². The molecule has 92 valence electrons. The van der Waals surface area contributed by atoms with Crippen molar-refractivity contribution in [3.05, 3.63) is 34.4 Å². The minimum atomic E-state index is -0.685. The van der Waals surface area contributed by atoms with Crippen LogP contribution < -0.4 is 11.1 Å².